The molecule has 0 aliphatic carbocycles. The summed E-state index contributed by atoms with van der Waals surface area (Å²) in [7, 11) is 0. The van der Waals surface area contributed by atoms with Gasteiger partial charge in [-0.25, -0.2) is 9.97 Å². The molecular formula is C16H25N5S. The Balaban J connectivity index is 1.52. The molecule has 0 aromatic carbocycles. The van der Waals surface area contributed by atoms with E-state index in [1.54, 1.807) is 11.3 Å². The molecule has 0 fully saturated rings. The molecule has 0 saturated heterocycles. The third-order valence-corrected chi connectivity index (χ3v) is 5.39. The Morgan fingerprint density at radius 1 is 1.36 bits per heavy atom. The molecule has 3 rings (SSSR count). The Labute approximate surface area is 136 Å². The maximum absolute atomic E-state index is 4.54. The number of aryl methyl sites for hydroxylation is 1. The van der Waals surface area contributed by atoms with E-state index in [2.05, 4.69) is 44.8 Å². The highest BCUT2D eigenvalue weighted by molar-refractivity contribution is 7.15. The lowest BCUT2D eigenvalue weighted by Crippen LogP contribution is -2.26. The van der Waals surface area contributed by atoms with Gasteiger partial charge in [-0.2, -0.15) is 0 Å². The van der Waals surface area contributed by atoms with Gasteiger partial charge in [-0.05, 0) is 26.7 Å². The van der Waals surface area contributed by atoms with Crippen LogP contribution < -0.4 is 10.2 Å². The molecule has 1 atom stereocenters. The molecule has 120 valence electrons. The molecule has 0 saturated carbocycles. The SMILES string of the molecule is CCN(CC)c1ncc(CNC[C@@H]2CCCn3ccnc32)s1. The number of anilines is 1. The summed E-state index contributed by atoms with van der Waals surface area (Å²) in [6, 6.07) is 0. The van der Waals surface area contributed by atoms with Gasteiger partial charge in [0.1, 0.15) is 5.82 Å². The number of nitrogens with one attached hydrogen (secondary N) is 1. The highest BCUT2D eigenvalue weighted by Gasteiger charge is 2.20. The minimum atomic E-state index is 0.541. The largest absolute Gasteiger partial charge is 0.349 e. The van der Waals surface area contributed by atoms with Gasteiger partial charge in [0.2, 0.25) is 0 Å². The van der Waals surface area contributed by atoms with E-state index >= 15 is 0 Å². The Kier molecular flexibility index (Phi) is 5.10. The standard InChI is InChI=1S/C16H25N5S/c1-3-20(4-2)16-19-12-14(22-16)11-17-10-13-6-5-8-21-9-7-18-15(13)21/h7,9,12-13,17H,3-6,8,10-11H2,1-2H3/t13-/m0/s1. The van der Waals surface area contributed by atoms with Crippen molar-refractivity contribution in [2.45, 2.75) is 45.7 Å². The van der Waals surface area contributed by atoms with Crippen molar-refractivity contribution in [1.82, 2.24) is 19.9 Å². The summed E-state index contributed by atoms with van der Waals surface area (Å²) in [6.07, 6.45) is 8.52. The summed E-state index contributed by atoms with van der Waals surface area (Å²) in [5, 5.41) is 4.72. The molecule has 1 aliphatic rings. The second kappa shape index (κ2) is 7.24. The minimum Gasteiger partial charge on any atom is -0.349 e. The van der Waals surface area contributed by atoms with Crippen molar-refractivity contribution in [2.75, 3.05) is 24.5 Å². The number of aromatic nitrogens is 3. The first-order valence-electron chi connectivity index (χ1n) is 8.23. The van der Waals surface area contributed by atoms with Gasteiger partial charge >= 0.3 is 0 Å². The second-order valence-electron chi connectivity index (χ2n) is 5.73. The van der Waals surface area contributed by atoms with Gasteiger partial charge in [0.15, 0.2) is 5.13 Å². The van der Waals surface area contributed by atoms with Gasteiger partial charge in [0.05, 0.1) is 0 Å². The van der Waals surface area contributed by atoms with E-state index < -0.39 is 0 Å². The number of hydrogen-bond acceptors (Lipinski definition) is 5. The van der Waals surface area contributed by atoms with Gasteiger partial charge in [0.25, 0.3) is 0 Å². The van der Waals surface area contributed by atoms with E-state index in [1.165, 1.54) is 23.5 Å². The lowest BCUT2D eigenvalue weighted by molar-refractivity contribution is 0.423. The first-order chi connectivity index (χ1) is 10.8. The summed E-state index contributed by atoms with van der Waals surface area (Å²) < 4.78 is 2.29. The van der Waals surface area contributed by atoms with Crippen molar-refractivity contribution in [2.24, 2.45) is 0 Å². The van der Waals surface area contributed by atoms with E-state index in [0.717, 1.165) is 37.9 Å². The zero-order valence-electron chi connectivity index (χ0n) is 13.5. The highest BCUT2D eigenvalue weighted by atomic mass is 32.1. The molecule has 22 heavy (non-hydrogen) atoms. The van der Waals surface area contributed by atoms with Gasteiger partial charge in [-0.3, -0.25) is 0 Å². The topological polar surface area (TPSA) is 46.0 Å². The molecule has 2 aromatic heterocycles. The van der Waals surface area contributed by atoms with Crippen LogP contribution in [0.1, 0.15) is 43.3 Å². The Hall–Kier alpha value is -1.40. The number of hydrogen-bond donors (Lipinski definition) is 1. The zero-order valence-corrected chi connectivity index (χ0v) is 14.3. The van der Waals surface area contributed by atoms with Crippen LogP contribution in [0.5, 0.6) is 0 Å². The van der Waals surface area contributed by atoms with Gasteiger partial charge in [-0.1, -0.05) is 0 Å². The number of rotatable bonds is 7. The van der Waals surface area contributed by atoms with Crippen molar-refractivity contribution < 1.29 is 0 Å². The van der Waals surface area contributed by atoms with Crippen LogP contribution in [-0.4, -0.2) is 34.2 Å². The average molecular weight is 319 g/mol. The van der Waals surface area contributed by atoms with Crippen LogP contribution in [0.25, 0.3) is 0 Å². The molecule has 1 N–H and O–H groups in total. The van der Waals surface area contributed by atoms with Gasteiger partial charge < -0.3 is 14.8 Å². The lowest BCUT2D eigenvalue weighted by atomic mass is 9.99. The van der Waals surface area contributed by atoms with Crippen molar-refractivity contribution in [3.05, 3.63) is 29.3 Å². The van der Waals surface area contributed by atoms with Crippen molar-refractivity contribution >= 4 is 16.5 Å². The number of thiazole rings is 1. The van der Waals surface area contributed by atoms with Gasteiger partial charge in [0, 0.05) is 62.1 Å². The van der Waals surface area contributed by atoms with Crippen LogP contribution in [0.4, 0.5) is 5.13 Å². The van der Waals surface area contributed by atoms with E-state index in [-0.39, 0.29) is 0 Å². The van der Waals surface area contributed by atoms with Crippen molar-refractivity contribution in [3.63, 3.8) is 0 Å². The molecule has 0 spiro atoms. The van der Waals surface area contributed by atoms with E-state index in [1.807, 2.05) is 12.4 Å². The van der Waals surface area contributed by atoms with Crippen LogP contribution in [-0.2, 0) is 13.1 Å². The Bertz CT molecular complexity index is 587. The predicted molar refractivity (Wildman–Crippen MR) is 91.6 cm³/mol. The molecule has 0 unspecified atom stereocenters. The summed E-state index contributed by atoms with van der Waals surface area (Å²) in [6.45, 7) is 9.39. The van der Waals surface area contributed by atoms with E-state index in [4.69, 9.17) is 0 Å². The van der Waals surface area contributed by atoms with E-state index in [9.17, 15) is 0 Å². The normalized spacial score (nSPS) is 17.5. The molecule has 0 radical (unpaired) electrons. The smallest absolute Gasteiger partial charge is 0.185 e. The molecular weight excluding hydrogens is 294 g/mol. The first kappa shape index (κ1) is 15.5. The van der Waals surface area contributed by atoms with Crippen LogP contribution in [0.15, 0.2) is 18.6 Å². The number of imidazole rings is 1. The fraction of sp³-hybridized carbons (Fsp3) is 0.625. The fourth-order valence-electron chi connectivity index (χ4n) is 3.09. The van der Waals surface area contributed by atoms with Crippen LogP contribution in [0.3, 0.4) is 0 Å². The maximum atomic E-state index is 4.54. The summed E-state index contributed by atoms with van der Waals surface area (Å²) in [4.78, 5) is 12.7. The van der Waals surface area contributed by atoms with E-state index in [0.29, 0.717) is 5.92 Å². The summed E-state index contributed by atoms with van der Waals surface area (Å²) in [5.41, 5.74) is 0. The molecule has 2 aromatic rings. The van der Waals surface area contributed by atoms with Crippen LogP contribution in [0, 0.1) is 0 Å². The minimum absolute atomic E-state index is 0.541. The second-order valence-corrected chi connectivity index (χ2v) is 6.82. The summed E-state index contributed by atoms with van der Waals surface area (Å²) in [5.74, 6) is 1.78. The summed E-state index contributed by atoms with van der Waals surface area (Å²) >= 11 is 1.80. The Morgan fingerprint density at radius 2 is 2.23 bits per heavy atom. The Morgan fingerprint density at radius 3 is 3.05 bits per heavy atom. The predicted octanol–water partition coefficient (Wildman–Crippen LogP) is 2.85. The van der Waals surface area contributed by atoms with Crippen LogP contribution >= 0.6 is 11.3 Å². The third-order valence-electron chi connectivity index (χ3n) is 4.33. The fourth-order valence-corrected chi connectivity index (χ4v) is 4.10. The monoisotopic (exact) mass is 319 g/mol. The molecule has 5 nitrogen and oxygen atoms in total. The molecule has 0 amide bonds. The third kappa shape index (κ3) is 3.33. The molecule has 3 heterocycles. The number of fused-ring (bicyclic) bond motifs is 1. The maximum Gasteiger partial charge on any atom is 0.185 e. The average Bonchev–Trinajstić information content (AvgIpc) is 3.18. The molecule has 6 heteroatoms. The van der Waals surface area contributed by atoms with Crippen LogP contribution in [0.2, 0.25) is 0 Å². The van der Waals surface area contributed by atoms with Crippen molar-refractivity contribution in [3.8, 4) is 0 Å². The quantitative estimate of drug-likeness (QED) is 0.852. The zero-order chi connectivity index (χ0) is 15.4. The highest BCUT2D eigenvalue weighted by Crippen LogP contribution is 2.25. The van der Waals surface area contributed by atoms with Gasteiger partial charge in [-0.15, -0.1) is 11.3 Å². The molecule has 0 bridgehead atoms. The molecule has 1 aliphatic heterocycles. The van der Waals surface area contributed by atoms with Crippen molar-refractivity contribution in [1.29, 1.82) is 0 Å². The lowest BCUT2D eigenvalue weighted by Gasteiger charge is -2.23. The number of nitrogens with zero attached hydrogens (tertiary/aromatic N) is 4. The first-order valence-corrected chi connectivity index (χ1v) is 9.04.